The van der Waals surface area contributed by atoms with Crippen LogP contribution in [0.5, 0.6) is 5.75 Å². The molecule has 0 bridgehead atoms. The largest absolute Gasteiger partial charge is 0.497 e. The molecule has 0 aliphatic carbocycles. The molecule has 49 heavy (non-hydrogen) atoms. The van der Waals surface area contributed by atoms with Crippen LogP contribution in [0.3, 0.4) is 0 Å². The second-order valence-corrected chi connectivity index (χ2v) is 14.1. The average molecular weight is 675 g/mol. The van der Waals surface area contributed by atoms with Gasteiger partial charge in [0.15, 0.2) is 5.82 Å². The van der Waals surface area contributed by atoms with Crippen molar-refractivity contribution in [1.29, 1.82) is 0 Å². The van der Waals surface area contributed by atoms with Gasteiger partial charge in [0.1, 0.15) is 28.5 Å². The average Bonchev–Trinajstić information content (AvgIpc) is 3.76. The number of carbonyl (C=O) groups is 4. The first-order valence-electron chi connectivity index (χ1n) is 16.8. The molecule has 1 aliphatic rings. The van der Waals surface area contributed by atoms with Crippen molar-refractivity contribution in [3.63, 3.8) is 0 Å². The molecule has 0 radical (unpaired) electrons. The van der Waals surface area contributed by atoms with Crippen molar-refractivity contribution in [1.82, 2.24) is 25.1 Å². The van der Waals surface area contributed by atoms with Gasteiger partial charge < -0.3 is 34.9 Å². The Bertz CT molecular complexity index is 1590. The number of hydrogen-bond donors (Lipinski definition) is 3. The summed E-state index contributed by atoms with van der Waals surface area (Å²) in [4.78, 5) is 60.1. The van der Waals surface area contributed by atoms with E-state index >= 15 is 0 Å². The third-order valence-electron chi connectivity index (χ3n) is 8.62. The van der Waals surface area contributed by atoms with Crippen molar-refractivity contribution in [3.8, 4) is 5.75 Å². The smallest absolute Gasteiger partial charge is 0.408 e. The summed E-state index contributed by atoms with van der Waals surface area (Å²) in [5, 5.41) is 8.28. The molecule has 2 atom stereocenters. The Balaban J connectivity index is 1.55. The number of imidazole rings is 1. The van der Waals surface area contributed by atoms with Gasteiger partial charge in [-0.3, -0.25) is 14.4 Å². The number of carbonyl (C=O) groups excluding carboxylic acids is 4. The summed E-state index contributed by atoms with van der Waals surface area (Å²) in [6.45, 7) is 11.5. The summed E-state index contributed by atoms with van der Waals surface area (Å²) in [6, 6.07) is 16.3. The fraction of sp³-hybridized carbons (Fsp3) is 0.486. The Labute approximate surface area is 288 Å². The first-order chi connectivity index (χ1) is 23.1. The number of nitrogens with one attached hydrogen (secondary N) is 3. The Morgan fingerprint density at radius 3 is 2.18 bits per heavy atom. The van der Waals surface area contributed by atoms with Crippen molar-refractivity contribution in [2.24, 2.45) is 0 Å². The lowest BCUT2D eigenvalue weighted by molar-refractivity contribution is -0.137. The molecule has 1 aliphatic heterocycles. The molecule has 3 aromatic rings. The van der Waals surface area contributed by atoms with Crippen molar-refractivity contribution in [2.75, 3.05) is 25.5 Å². The minimum atomic E-state index is -1.38. The Hall–Kier alpha value is -4.87. The lowest BCUT2D eigenvalue weighted by Gasteiger charge is -2.34. The molecule has 1 saturated heterocycles. The highest BCUT2D eigenvalue weighted by Gasteiger charge is 2.41. The quantitative estimate of drug-likeness (QED) is 0.231. The summed E-state index contributed by atoms with van der Waals surface area (Å²) in [7, 11) is 1.59. The number of anilines is 1. The maximum Gasteiger partial charge on any atom is 0.408 e. The molecule has 12 nitrogen and oxygen atoms in total. The molecule has 4 rings (SSSR count). The first-order valence-corrected chi connectivity index (χ1v) is 16.8. The summed E-state index contributed by atoms with van der Waals surface area (Å²) in [5.41, 5.74) is -1.42. The maximum atomic E-state index is 14.0. The second-order valence-electron chi connectivity index (χ2n) is 14.1. The fourth-order valence-corrected chi connectivity index (χ4v) is 5.75. The van der Waals surface area contributed by atoms with Crippen molar-refractivity contribution >= 4 is 29.6 Å². The third kappa shape index (κ3) is 9.61. The van der Waals surface area contributed by atoms with Crippen LogP contribution in [0, 0.1) is 0 Å². The van der Waals surface area contributed by atoms with Gasteiger partial charge in [-0.2, -0.15) is 0 Å². The fourth-order valence-electron chi connectivity index (χ4n) is 5.75. The molecule has 2 heterocycles. The highest BCUT2D eigenvalue weighted by atomic mass is 16.6. The predicted molar refractivity (Wildman–Crippen MR) is 187 cm³/mol. The summed E-state index contributed by atoms with van der Waals surface area (Å²) >= 11 is 0. The first kappa shape index (κ1) is 37.0. The minimum absolute atomic E-state index is 0.0730. The molecule has 1 aromatic heterocycles. The predicted octanol–water partition coefficient (Wildman–Crippen LogP) is 5.03. The van der Waals surface area contributed by atoms with E-state index in [0.717, 1.165) is 24.0 Å². The van der Waals surface area contributed by atoms with Crippen LogP contribution in [0.4, 0.5) is 10.6 Å². The van der Waals surface area contributed by atoms with Crippen LogP contribution < -0.4 is 20.7 Å². The van der Waals surface area contributed by atoms with E-state index in [9.17, 15) is 19.2 Å². The van der Waals surface area contributed by atoms with Gasteiger partial charge in [0, 0.05) is 19.3 Å². The molecule has 1 unspecified atom stereocenters. The number of nitrogens with zero attached hydrogens (tertiary/aromatic N) is 3. The zero-order chi connectivity index (χ0) is 35.8. The van der Waals surface area contributed by atoms with Gasteiger partial charge in [0.05, 0.1) is 13.4 Å². The van der Waals surface area contributed by atoms with Gasteiger partial charge in [-0.1, -0.05) is 42.5 Å². The summed E-state index contributed by atoms with van der Waals surface area (Å²) in [5.74, 6) is -0.199. The maximum absolute atomic E-state index is 14.0. The molecule has 4 amide bonds. The number of amides is 4. The van der Waals surface area contributed by atoms with Crippen molar-refractivity contribution in [3.05, 3.63) is 78.2 Å². The van der Waals surface area contributed by atoms with E-state index < -0.39 is 40.6 Å². The van der Waals surface area contributed by atoms with Crippen LogP contribution in [-0.4, -0.2) is 75.6 Å². The normalized spacial score (nSPS) is 15.1. The van der Waals surface area contributed by atoms with Gasteiger partial charge in [-0.15, -0.1) is 0 Å². The number of ether oxygens (including phenoxy) is 2. The standard InChI is InChI=1S/C37H50N6O6/c1-35(2,3)49-34(47)41-36(4,5)32(45)39-29(17-13-16-26-14-9-8-10-15-26)31(44)40-30-24-43(25-38-30)37(6,33(46)42-22-11-12-23-42)27-18-20-28(48-7)21-19-27/h8-10,14-15,18-21,24-25,29H,11-13,16-17,22-23H2,1-7H3,(H,39,45)(H,40,44)(H,41,47)/t29-,37?/m1/s1. The molecule has 1 fully saturated rings. The van der Waals surface area contributed by atoms with Gasteiger partial charge in [0.2, 0.25) is 11.8 Å². The van der Waals surface area contributed by atoms with Crippen LogP contribution in [0.2, 0.25) is 0 Å². The molecule has 2 aromatic carbocycles. The Morgan fingerprint density at radius 2 is 1.57 bits per heavy atom. The molecule has 3 N–H and O–H groups in total. The number of aryl methyl sites for hydroxylation is 1. The lowest BCUT2D eigenvalue weighted by atomic mass is 9.90. The van der Waals surface area contributed by atoms with E-state index in [1.165, 1.54) is 6.33 Å². The molecule has 0 spiro atoms. The van der Waals surface area contributed by atoms with Gasteiger partial charge in [0.25, 0.3) is 5.91 Å². The van der Waals surface area contributed by atoms with E-state index in [1.54, 1.807) is 52.5 Å². The van der Waals surface area contributed by atoms with Crippen LogP contribution in [0.1, 0.15) is 78.4 Å². The molecule has 0 saturated carbocycles. The van der Waals surface area contributed by atoms with Crippen LogP contribution >= 0.6 is 0 Å². The van der Waals surface area contributed by atoms with E-state index in [-0.39, 0.29) is 11.7 Å². The van der Waals surface area contributed by atoms with E-state index in [0.29, 0.717) is 38.1 Å². The third-order valence-corrected chi connectivity index (χ3v) is 8.62. The minimum Gasteiger partial charge on any atom is -0.497 e. The van der Waals surface area contributed by atoms with E-state index in [1.807, 2.05) is 66.4 Å². The number of methoxy groups -OCH3 is 1. The van der Waals surface area contributed by atoms with Gasteiger partial charge in [-0.05, 0) is 96.9 Å². The highest BCUT2D eigenvalue weighted by molar-refractivity contribution is 5.98. The topological polar surface area (TPSA) is 144 Å². The molecular weight excluding hydrogens is 624 g/mol. The van der Waals surface area contributed by atoms with Crippen LogP contribution in [-0.2, 0) is 31.1 Å². The van der Waals surface area contributed by atoms with E-state index in [2.05, 4.69) is 20.9 Å². The SMILES string of the molecule is COc1ccc(C(C)(C(=O)N2CCCC2)n2cnc(NC(=O)[C@@H](CCCc3ccccc3)NC(=O)C(C)(C)NC(=O)OC(C)(C)C)c2)cc1. The molecule has 264 valence electrons. The number of rotatable bonds is 13. The van der Waals surface area contributed by atoms with Crippen molar-refractivity contribution in [2.45, 2.75) is 96.4 Å². The van der Waals surface area contributed by atoms with Crippen LogP contribution in [0.25, 0.3) is 0 Å². The lowest BCUT2D eigenvalue weighted by Crippen LogP contribution is -2.58. The monoisotopic (exact) mass is 674 g/mol. The number of benzene rings is 2. The number of hydrogen-bond acceptors (Lipinski definition) is 7. The van der Waals surface area contributed by atoms with Gasteiger partial charge >= 0.3 is 6.09 Å². The second kappa shape index (κ2) is 15.6. The zero-order valence-electron chi connectivity index (χ0n) is 29.7. The number of likely N-dealkylation sites (tertiary alicyclic amines) is 1. The Kier molecular flexibility index (Phi) is 11.7. The summed E-state index contributed by atoms with van der Waals surface area (Å²) < 4.78 is 12.4. The molecular formula is C37H50N6O6. The van der Waals surface area contributed by atoms with E-state index in [4.69, 9.17) is 9.47 Å². The number of aromatic nitrogens is 2. The van der Waals surface area contributed by atoms with Gasteiger partial charge in [-0.25, -0.2) is 9.78 Å². The number of alkyl carbamates (subject to hydrolysis) is 1. The highest BCUT2D eigenvalue weighted by Crippen LogP contribution is 2.32. The summed E-state index contributed by atoms with van der Waals surface area (Å²) in [6.07, 6.45) is 5.94. The zero-order valence-corrected chi connectivity index (χ0v) is 29.7. The Morgan fingerprint density at radius 1 is 0.918 bits per heavy atom. The molecule has 12 heteroatoms. The van der Waals surface area contributed by atoms with Crippen LogP contribution in [0.15, 0.2) is 67.1 Å². The van der Waals surface area contributed by atoms with Crippen molar-refractivity contribution < 1.29 is 28.7 Å².